The van der Waals surface area contributed by atoms with Crippen LogP contribution < -0.4 is 5.32 Å². The molecule has 0 radical (unpaired) electrons. The van der Waals surface area contributed by atoms with Gasteiger partial charge in [0.15, 0.2) is 0 Å². The average molecular weight is 270 g/mol. The molecule has 6 heteroatoms. The molecule has 1 saturated heterocycles. The van der Waals surface area contributed by atoms with Crippen molar-refractivity contribution in [1.82, 2.24) is 10.2 Å². The number of nitrogens with zero attached hydrogens (tertiary/aromatic N) is 2. The number of hydrogen-bond acceptors (Lipinski definition) is 4. The zero-order valence-corrected chi connectivity index (χ0v) is 11.0. The van der Waals surface area contributed by atoms with Gasteiger partial charge in [-0.3, -0.25) is 15.0 Å². The molecule has 18 heavy (non-hydrogen) atoms. The summed E-state index contributed by atoms with van der Waals surface area (Å²) in [6, 6.07) is 5.42. The van der Waals surface area contributed by atoms with Gasteiger partial charge in [0.2, 0.25) is 0 Å². The second-order valence-corrected chi connectivity index (χ2v) is 5.04. The number of nitrogens with one attached hydrogen (secondary N) is 1. The van der Waals surface area contributed by atoms with Gasteiger partial charge >= 0.3 is 0 Å². The van der Waals surface area contributed by atoms with Gasteiger partial charge in [0.25, 0.3) is 5.69 Å². The number of hydrogen-bond donors (Lipinski definition) is 1. The topological polar surface area (TPSA) is 58.4 Å². The van der Waals surface area contributed by atoms with Crippen LogP contribution in [0.2, 0.25) is 5.02 Å². The van der Waals surface area contributed by atoms with Crippen molar-refractivity contribution in [3.05, 3.63) is 38.9 Å². The monoisotopic (exact) mass is 269 g/mol. The Kier molecular flexibility index (Phi) is 4.16. The summed E-state index contributed by atoms with van der Waals surface area (Å²) in [7, 11) is 0. The van der Waals surface area contributed by atoms with Crippen molar-refractivity contribution < 1.29 is 4.92 Å². The third kappa shape index (κ3) is 3.19. The van der Waals surface area contributed by atoms with Crippen molar-refractivity contribution in [3.8, 4) is 0 Å². The zero-order chi connectivity index (χ0) is 13.1. The van der Waals surface area contributed by atoms with E-state index in [9.17, 15) is 10.1 Å². The van der Waals surface area contributed by atoms with E-state index < -0.39 is 4.92 Å². The standard InChI is InChI=1S/C12H16ClN3O2/c1-9-7-15(5-4-14-9)8-10-2-3-12(16(17)18)11(13)6-10/h2-3,6,9,14H,4-5,7-8H2,1H3. The maximum absolute atomic E-state index is 10.7. The highest BCUT2D eigenvalue weighted by Crippen LogP contribution is 2.25. The van der Waals surface area contributed by atoms with Crippen molar-refractivity contribution in [2.24, 2.45) is 0 Å². The number of benzene rings is 1. The normalized spacial score (nSPS) is 20.9. The van der Waals surface area contributed by atoms with Crippen LogP contribution in [0, 0.1) is 10.1 Å². The molecule has 2 rings (SSSR count). The molecule has 1 aliphatic rings. The van der Waals surface area contributed by atoms with Crippen LogP contribution in [0.25, 0.3) is 0 Å². The summed E-state index contributed by atoms with van der Waals surface area (Å²) in [6.07, 6.45) is 0. The smallest absolute Gasteiger partial charge is 0.287 e. The van der Waals surface area contributed by atoms with Crippen LogP contribution in [0.1, 0.15) is 12.5 Å². The fourth-order valence-electron chi connectivity index (χ4n) is 2.21. The van der Waals surface area contributed by atoms with Crippen molar-refractivity contribution in [2.45, 2.75) is 19.5 Å². The lowest BCUT2D eigenvalue weighted by Crippen LogP contribution is -2.48. The van der Waals surface area contributed by atoms with Gasteiger partial charge in [-0.15, -0.1) is 0 Å². The van der Waals surface area contributed by atoms with E-state index in [0.717, 1.165) is 31.7 Å². The molecule has 1 heterocycles. The summed E-state index contributed by atoms with van der Waals surface area (Å²) in [5, 5.41) is 14.3. The van der Waals surface area contributed by atoms with Gasteiger partial charge in [-0.1, -0.05) is 17.7 Å². The molecule has 0 saturated carbocycles. The van der Waals surface area contributed by atoms with Crippen LogP contribution in [0.3, 0.4) is 0 Å². The third-order valence-electron chi connectivity index (χ3n) is 3.07. The summed E-state index contributed by atoms with van der Waals surface area (Å²) in [6.45, 7) is 5.87. The third-order valence-corrected chi connectivity index (χ3v) is 3.37. The summed E-state index contributed by atoms with van der Waals surface area (Å²) >= 11 is 5.90. The van der Waals surface area contributed by atoms with E-state index in [-0.39, 0.29) is 10.7 Å². The van der Waals surface area contributed by atoms with Crippen LogP contribution in [0.4, 0.5) is 5.69 Å². The zero-order valence-electron chi connectivity index (χ0n) is 10.2. The highest BCUT2D eigenvalue weighted by Gasteiger charge is 2.17. The second kappa shape index (κ2) is 5.65. The molecule has 0 amide bonds. The SMILES string of the molecule is CC1CN(Cc2ccc([N+](=O)[O-])c(Cl)c2)CCN1. The van der Waals surface area contributed by atoms with Gasteiger partial charge in [0.1, 0.15) is 5.02 Å². The molecular weight excluding hydrogens is 254 g/mol. The summed E-state index contributed by atoms with van der Waals surface area (Å²) in [4.78, 5) is 12.5. The maximum atomic E-state index is 10.7. The van der Waals surface area contributed by atoms with Crippen molar-refractivity contribution in [2.75, 3.05) is 19.6 Å². The molecule has 1 fully saturated rings. The van der Waals surface area contributed by atoms with Gasteiger partial charge in [-0.25, -0.2) is 0 Å². The summed E-state index contributed by atoms with van der Waals surface area (Å²) in [5.74, 6) is 0. The van der Waals surface area contributed by atoms with Crippen molar-refractivity contribution >= 4 is 17.3 Å². The van der Waals surface area contributed by atoms with Crippen LogP contribution in [-0.2, 0) is 6.54 Å². The number of nitro groups is 1. The summed E-state index contributed by atoms with van der Waals surface area (Å²) < 4.78 is 0. The number of halogens is 1. The van der Waals surface area contributed by atoms with E-state index in [1.54, 1.807) is 12.1 Å². The highest BCUT2D eigenvalue weighted by molar-refractivity contribution is 6.32. The minimum absolute atomic E-state index is 0.0332. The number of rotatable bonds is 3. The van der Waals surface area contributed by atoms with E-state index in [2.05, 4.69) is 17.1 Å². The first-order chi connectivity index (χ1) is 8.56. The van der Waals surface area contributed by atoms with E-state index in [1.165, 1.54) is 6.07 Å². The Bertz CT molecular complexity index is 453. The van der Waals surface area contributed by atoms with Gasteiger partial charge in [0, 0.05) is 38.3 Å². The molecule has 98 valence electrons. The van der Waals surface area contributed by atoms with Gasteiger partial charge in [0.05, 0.1) is 4.92 Å². The molecule has 0 aromatic heterocycles. The Labute approximate surface area is 111 Å². The lowest BCUT2D eigenvalue weighted by Gasteiger charge is -2.31. The lowest BCUT2D eigenvalue weighted by molar-refractivity contribution is -0.384. The minimum Gasteiger partial charge on any atom is -0.312 e. The predicted octanol–water partition coefficient (Wildman–Crippen LogP) is 2.04. The lowest BCUT2D eigenvalue weighted by atomic mass is 10.1. The molecule has 1 atom stereocenters. The molecule has 1 N–H and O–H groups in total. The van der Waals surface area contributed by atoms with Gasteiger partial charge < -0.3 is 5.32 Å². The van der Waals surface area contributed by atoms with E-state index in [4.69, 9.17) is 11.6 Å². The molecule has 1 aliphatic heterocycles. The fraction of sp³-hybridized carbons (Fsp3) is 0.500. The Hall–Kier alpha value is -1.17. The van der Waals surface area contributed by atoms with Gasteiger partial charge in [-0.2, -0.15) is 0 Å². The van der Waals surface area contributed by atoms with Crippen molar-refractivity contribution in [3.63, 3.8) is 0 Å². The summed E-state index contributed by atoms with van der Waals surface area (Å²) in [5.41, 5.74) is 0.980. The molecule has 1 aromatic rings. The first kappa shape index (κ1) is 13.3. The van der Waals surface area contributed by atoms with E-state index in [0.29, 0.717) is 6.04 Å². The number of piperazine rings is 1. The van der Waals surface area contributed by atoms with Gasteiger partial charge in [-0.05, 0) is 18.6 Å². The average Bonchev–Trinajstić information content (AvgIpc) is 2.28. The van der Waals surface area contributed by atoms with Crippen LogP contribution in [0.5, 0.6) is 0 Å². The van der Waals surface area contributed by atoms with Crippen molar-refractivity contribution in [1.29, 1.82) is 0 Å². The largest absolute Gasteiger partial charge is 0.312 e. The van der Waals surface area contributed by atoms with E-state index in [1.807, 2.05) is 0 Å². The molecule has 0 bridgehead atoms. The first-order valence-electron chi connectivity index (χ1n) is 5.95. The predicted molar refractivity (Wildman–Crippen MR) is 70.8 cm³/mol. The highest BCUT2D eigenvalue weighted by atomic mass is 35.5. The Morgan fingerprint density at radius 1 is 1.61 bits per heavy atom. The van der Waals surface area contributed by atoms with Crippen LogP contribution >= 0.6 is 11.6 Å². The molecule has 5 nitrogen and oxygen atoms in total. The van der Waals surface area contributed by atoms with Crippen LogP contribution in [0.15, 0.2) is 18.2 Å². The first-order valence-corrected chi connectivity index (χ1v) is 6.32. The maximum Gasteiger partial charge on any atom is 0.287 e. The van der Waals surface area contributed by atoms with Crippen LogP contribution in [-0.4, -0.2) is 35.5 Å². The second-order valence-electron chi connectivity index (χ2n) is 4.63. The molecule has 1 aromatic carbocycles. The quantitative estimate of drug-likeness (QED) is 0.674. The Morgan fingerprint density at radius 3 is 3.00 bits per heavy atom. The number of nitro benzene ring substituents is 1. The molecule has 0 aliphatic carbocycles. The Morgan fingerprint density at radius 2 is 2.39 bits per heavy atom. The fourth-order valence-corrected chi connectivity index (χ4v) is 2.48. The Balaban J connectivity index is 2.05. The minimum atomic E-state index is -0.459. The molecule has 0 spiro atoms. The van der Waals surface area contributed by atoms with E-state index >= 15 is 0 Å². The molecular formula is C12H16ClN3O2. The molecule has 1 unspecified atom stereocenters.